The topological polar surface area (TPSA) is 29.5 Å². The fourth-order valence-corrected chi connectivity index (χ4v) is 5.13. The molecular formula is C15H22O2Se. The molecule has 1 aliphatic heterocycles. The van der Waals surface area contributed by atoms with Gasteiger partial charge in [-0.1, -0.05) is 0 Å². The zero-order chi connectivity index (χ0) is 12.8. The van der Waals surface area contributed by atoms with E-state index >= 15 is 0 Å². The third-order valence-corrected chi connectivity index (χ3v) is 6.11. The molecule has 0 bridgehead atoms. The molecule has 1 aromatic carbocycles. The van der Waals surface area contributed by atoms with Crippen LogP contribution in [0, 0.1) is 0 Å². The molecule has 1 heterocycles. The van der Waals surface area contributed by atoms with Crippen molar-refractivity contribution in [1.82, 2.24) is 0 Å². The number of rotatable bonds is 5. The fourth-order valence-electron chi connectivity index (χ4n) is 2.30. The number of hydrogen-bond donors (Lipinski definition) is 1. The second-order valence-electron chi connectivity index (χ2n) is 4.87. The van der Waals surface area contributed by atoms with Gasteiger partial charge in [-0.2, -0.15) is 0 Å². The zero-order valence-corrected chi connectivity index (χ0v) is 12.6. The SMILES string of the molecule is CCCC[C@@H]1OC[C@@H](O)C[C@@H]1[Se]c1ccccc1. The normalized spacial score (nSPS) is 28.2. The number of benzene rings is 1. The molecule has 1 N–H and O–H groups in total. The van der Waals surface area contributed by atoms with Crippen LogP contribution in [0.15, 0.2) is 30.3 Å². The Kier molecular flexibility index (Phi) is 5.71. The molecule has 0 aromatic heterocycles. The summed E-state index contributed by atoms with van der Waals surface area (Å²) in [4.78, 5) is 0.523. The maximum atomic E-state index is 9.79. The van der Waals surface area contributed by atoms with Crippen molar-refractivity contribution in [3.63, 3.8) is 0 Å². The van der Waals surface area contributed by atoms with Crippen molar-refractivity contribution in [2.45, 2.75) is 49.6 Å². The van der Waals surface area contributed by atoms with E-state index in [4.69, 9.17) is 4.74 Å². The minimum absolute atomic E-state index is 0.265. The molecule has 1 fully saturated rings. The van der Waals surface area contributed by atoms with Crippen molar-refractivity contribution >= 4 is 19.4 Å². The van der Waals surface area contributed by atoms with Crippen LogP contribution in [0.3, 0.4) is 0 Å². The number of unbranched alkanes of at least 4 members (excludes halogenated alkanes) is 1. The van der Waals surface area contributed by atoms with Crippen LogP contribution in [-0.4, -0.2) is 38.9 Å². The molecule has 18 heavy (non-hydrogen) atoms. The number of aliphatic hydroxyl groups excluding tert-OH is 1. The first-order valence-electron chi connectivity index (χ1n) is 6.81. The molecule has 0 spiro atoms. The Hall–Kier alpha value is -0.341. The van der Waals surface area contributed by atoms with Crippen molar-refractivity contribution in [1.29, 1.82) is 0 Å². The number of hydrogen-bond acceptors (Lipinski definition) is 2. The average Bonchev–Trinajstić information content (AvgIpc) is 2.39. The summed E-state index contributed by atoms with van der Waals surface area (Å²) in [6, 6.07) is 10.6. The van der Waals surface area contributed by atoms with Gasteiger partial charge in [-0.05, 0) is 0 Å². The van der Waals surface area contributed by atoms with E-state index in [1.807, 2.05) is 0 Å². The van der Waals surface area contributed by atoms with Crippen molar-refractivity contribution in [2.24, 2.45) is 0 Å². The molecule has 2 rings (SSSR count). The van der Waals surface area contributed by atoms with Crippen LogP contribution in [0.4, 0.5) is 0 Å². The summed E-state index contributed by atoms with van der Waals surface area (Å²) in [5.74, 6) is 0. The standard InChI is InChI=1S/C15H22O2Se/c1-2-3-9-14-15(10-12(16)11-17-14)18-13-7-5-4-6-8-13/h4-8,12,14-16H,2-3,9-11H2,1H3/t12-,14-,15-/m0/s1. The first kappa shape index (κ1) is 14.1. The van der Waals surface area contributed by atoms with Crippen molar-refractivity contribution in [3.05, 3.63) is 30.3 Å². The fraction of sp³-hybridized carbons (Fsp3) is 0.600. The molecule has 0 unspecified atom stereocenters. The van der Waals surface area contributed by atoms with Crippen molar-refractivity contribution in [3.8, 4) is 0 Å². The third-order valence-electron chi connectivity index (χ3n) is 3.29. The molecule has 0 saturated carbocycles. The van der Waals surface area contributed by atoms with E-state index in [9.17, 15) is 5.11 Å². The molecule has 3 heteroatoms. The molecule has 0 amide bonds. The van der Waals surface area contributed by atoms with Gasteiger partial charge in [-0.3, -0.25) is 0 Å². The van der Waals surface area contributed by atoms with Gasteiger partial charge >= 0.3 is 116 Å². The van der Waals surface area contributed by atoms with Crippen LogP contribution < -0.4 is 4.46 Å². The van der Waals surface area contributed by atoms with Gasteiger partial charge in [0.25, 0.3) is 0 Å². The van der Waals surface area contributed by atoms with Crippen LogP contribution in [0.5, 0.6) is 0 Å². The van der Waals surface area contributed by atoms with E-state index in [0.29, 0.717) is 32.5 Å². The summed E-state index contributed by atoms with van der Waals surface area (Å²) in [5, 5.41) is 9.79. The Balaban J connectivity index is 1.96. The van der Waals surface area contributed by atoms with E-state index in [0.717, 1.165) is 12.8 Å². The van der Waals surface area contributed by atoms with Gasteiger partial charge in [0.2, 0.25) is 0 Å². The van der Waals surface area contributed by atoms with Crippen molar-refractivity contribution < 1.29 is 9.84 Å². The molecule has 0 radical (unpaired) electrons. The van der Waals surface area contributed by atoms with Crippen LogP contribution in [-0.2, 0) is 4.74 Å². The van der Waals surface area contributed by atoms with E-state index in [-0.39, 0.29) is 6.10 Å². The molecule has 1 aromatic rings. The Morgan fingerprint density at radius 2 is 2.11 bits per heavy atom. The number of ether oxygens (including phenoxy) is 1. The van der Waals surface area contributed by atoms with E-state index in [1.165, 1.54) is 17.3 Å². The molecule has 0 aliphatic carbocycles. The zero-order valence-electron chi connectivity index (χ0n) is 10.9. The van der Waals surface area contributed by atoms with Gasteiger partial charge < -0.3 is 0 Å². The first-order chi connectivity index (χ1) is 8.79. The molecule has 1 saturated heterocycles. The Labute approximate surface area is 116 Å². The summed E-state index contributed by atoms with van der Waals surface area (Å²) in [6.45, 7) is 2.74. The van der Waals surface area contributed by atoms with Crippen molar-refractivity contribution in [2.75, 3.05) is 6.61 Å². The van der Waals surface area contributed by atoms with Gasteiger partial charge in [0.05, 0.1) is 0 Å². The molecular weight excluding hydrogens is 291 g/mol. The summed E-state index contributed by atoms with van der Waals surface area (Å²) < 4.78 is 7.25. The Morgan fingerprint density at radius 1 is 1.33 bits per heavy atom. The van der Waals surface area contributed by atoms with Gasteiger partial charge in [0.1, 0.15) is 0 Å². The summed E-state index contributed by atoms with van der Waals surface area (Å²) in [6.07, 6.45) is 4.58. The first-order valence-corrected chi connectivity index (χ1v) is 8.65. The van der Waals surface area contributed by atoms with Crippen LogP contribution in [0.25, 0.3) is 0 Å². The molecule has 1 aliphatic rings. The quantitative estimate of drug-likeness (QED) is 0.844. The van der Waals surface area contributed by atoms with Crippen LogP contribution in [0.2, 0.25) is 4.82 Å². The Morgan fingerprint density at radius 3 is 2.83 bits per heavy atom. The predicted molar refractivity (Wildman–Crippen MR) is 75.5 cm³/mol. The number of aliphatic hydroxyl groups is 1. The summed E-state index contributed by atoms with van der Waals surface area (Å²) >= 11 is 0.404. The second kappa shape index (κ2) is 7.30. The molecule has 2 nitrogen and oxygen atoms in total. The summed E-state index contributed by atoms with van der Waals surface area (Å²) in [7, 11) is 0. The van der Waals surface area contributed by atoms with Gasteiger partial charge in [0, 0.05) is 0 Å². The van der Waals surface area contributed by atoms with E-state index in [2.05, 4.69) is 37.3 Å². The van der Waals surface area contributed by atoms with E-state index in [1.54, 1.807) is 0 Å². The van der Waals surface area contributed by atoms with Gasteiger partial charge in [0.15, 0.2) is 0 Å². The Bertz CT molecular complexity index is 340. The second-order valence-corrected chi connectivity index (χ2v) is 7.63. The van der Waals surface area contributed by atoms with Gasteiger partial charge in [-0.25, -0.2) is 0 Å². The summed E-state index contributed by atoms with van der Waals surface area (Å²) in [5.41, 5.74) is 0. The third kappa shape index (κ3) is 4.10. The molecule has 3 atom stereocenters. The van der Waals surface area contributed by atoms with Gasteiger partial charge in [-0.15, -0.1) is 0 Å². The molecule has 100 valence electrons. The maximum absolute atomic E-state index is 9.79. The van der Waals surface area contributed by atoms with E-state index < -0.39 is 0 Å². The van der Waals surface area contributed by atoms with Crippen LogP contribution >= 0.6 is 0 Å². The van der Waals surface area contributed by atoms with Crippen LogP contribution in [0.1, 0.15) is 32.6 Å². The predicted octanol–water partition coefficient (Wildman–Crippen LogP) is 2.14. The minimum atomic E-state index is -0.265. The average molecular weight is 313 g/mol. The monoisotopic (exact) mass is 314 g/mol.